The molecule has 0 unspecified atom stereocenters. The molecule has 1 amide bonds. The Labute approximate surface area is 178 Å². The summed E-state index contributed by atoms with van der Waals surface area (Å²) in [7, 11) is 0. The molecule has 2 aliphatic rings. The summed E-state index contributed by atoms with van der Waals surface area (Å²) in [6.07, 6.45) is 4.80. The van der Waals surface area contributed by atoms with Crippen molar-refractivity contribution in [3.8, 4) is 22.7 Å². The number of aliphatic imine (C=N–C) groups is 1. The molecule has 0 spiro atoms. The molecule has 3 aromatic rings. The summed E-state index contributed by atoms with van der Waals surface area (Å²) in [5.74, 6) is 0.652. The molecule has 3 heterocycles. The molecule has 0 saturated carbocycles. The van der Waals surface area contributed by atoms with Crippen molar-refractivity contribution in [3.05, 3.63) is 70.3 Å². The zero-order valence-electron chi connectivity index (χ0n) is 16.6. The third-order valence-corrected chi connectivity index (χ3v) is 5.95. The lowest BCUT2D eigenvalue weighted by atomic mass is 9.99. The predicted molar refractivity (Wildman–Crippen MR) is 120 cm³/mol. The molecule has 5 rings (SSSR count). The van der Waals surface area contributed by atoms with Gasteiger partial charge in [-0.2, -0.15) is 10.1 Å². The van der Waals surface area contributed by atoms with Gasteiger partial charge >= 0.3 is 0 Å². The van der Waals surface area contributed by atoms with E-state index < -0.39 is 0 Å². The van der Waals surface area contributed by atoms with Gasteiger partial charge in [-0.25, -0.2) is 4.68 Å². The molecule has 0 fully saturated rings. The number of ether oxygens (including phenoxy) is 1. The largest absolute Gasteiger partial charge is 0.490 e. The average molecular weight is 417 g/mol. The molecule has 2 aliphatic heterocycles. The monoisotopic (exact) mass is 416 g/mol. The number of aryl methyl sites for hydroxylation is 1. The molecule has 2 aromatic carbocycles. The number of amidine groups is 1. The van der Waals surface area contributed by atoms with Gasteiger partial charge in [-0.3, -0.25) is 4.79 Å². The second kappa shape index (κ2) is 7.18. The SMILES string of the molecule is Cc1cc(-c2nn(-c3ccccc3)cc2/C=C2\SC(N)=NC2=O)cc2c1O[C@@H](C)C2. The van der Waals surface area contributed by atoms with E-state index >= 15 is 0 Å². The van der Waals surface area contributed by atoms with E-state index in [1.807, 2.05) is 47.3 Å². The number of nitrogens with two attached hydrogens (primary N) is 1. The van der Waals surface area contributed by atoms with Gasteiger partial charge in [-0.15, -0.1) is 0 Å². The minimum atomic E-state index is -0.316. The molecule has 7 heteroatoms. The van der Waals surface area contributed by atoms with Crippen LogP contribution in [0.1, 0.15) is 23.6 Å². The maximum absolute atomic E-state index is 12.2. The van der Waals surface area contributed by atoms with Gasteiger partial charge in [0.25, 0.3) is 5.91 Å². The van der Waals surface area contributed by atoms with Gasteiger partial charge in [0.15, 0.2) is 5.17 Å². The Bertz CT molecular complexity index is 1230. The van der Waals surface area contributed by atoms with Crippen LogP contribution in [0.2, 0.25) is 0 Å². The van der Waals surface area contributed by atoms with E-state index in [1.165, 1.54) is 17.3 Å². The lowest BCUT2D eigenvalue weighted by molar-refractivity contribution is -0.113. The van der Waals surface area contributed by atoms with Gasteiger partial charge in [0.2, 0.25) is 0 Å². The van der Waals surface area contributed by atoms with E-state index in [9.17, 15) is 4.79 Å². The molecule has 1 atom stereocenters. The molecular weight excluding hydrogens is 396 g/mol. The first-order valence-corrected chi connectivity index (χ1v) is 10.5. The summed E-state index contributed by atoms with van der Waals surface area (Å²) in [5, 5.41) is 5.13. The quantitative estimate of drug-likeness (QED) is 0.650. The van der Waals surface area contributed by atoms with Crippen LogP contribution in [0, 0.1) is 6.92 Å². The molecule has 0 radical (unpaired) electrons. The second-order valence-electron chi connectivity index (χ2n) is 7.49. The Morgan fingerprint density at radius 3 is 2.80 bits per heavy atom. The summed E-state index contributed by atoms with van der Waals surface area (Å²) in [5.41, 5.74) is 11.6. The zero-order chi connectivity index (χ0) is 20.8. The van der Waals surface area contributed by atoms with Gasteiger partial charge in [0, 0.05) is 23.7 Å². The standard InChI is InChI=1S/C23H20N4O2S/c1-13-8-15(10-16-9-14(2)29-21(13)16)20-17(11-19-22(28)25-23(24)30-19)12-27(26-20)18-6-4-3-5-7-18/h3-8,10-12,14H,9H2,1-2H3,(H2,24,25,28)/b19-11-/t14-/m0/s1. The van der Waals surface area contributed by atoms with Crippen molar-refractivity contribution in [2.24, 2.45) is 10.7 Å². The van der Waals surface area contributed by atoms with Crippen molar-refractivity contribution in [2.75, 3.05) is 0 Å². The Morgan fingerprint density at radius 2 is 2.07 bits per heavy atom. The number of rotatable bonds is 3. The number of carbonyl (C=O) groups is 1. The first-order valence-electron chi connectivity index (χ1n) is 9.71. The fraction of sp³-hybridized carbons (Fsp3) is 0.174. The van der Waals surface area contributed by atoms with E-state index in [0.29, 0.717) is 4.91 Å². The first-order chi connectivity index (χ1) is 14.5. The number of nitrogens with zero attached hydrogens (tertiary/aromatic N) is 3. The number of amides is 1. The van der Waals surface area contributed by atoms with Crippen LogP contribution in [-0.4, -0.2) is 27.0 Å². The van der Waals surface area contributed by atoms with E-state index in [1.54, 1.807) is 0 Å². The topological polar surface area (TPSA) is 82.5 Å². The highest BCUT2D eigenvalue weighted by molar-refractivity contribution is 8.18. The lowest BCUT2D eigenvalue weighted by Gasteiger charge is -2.08. The maximum Gasteiger partial charge on any atom is 0.286 e. The van der Waals surface area contributed by atoms with Crippen LogP contribution in [0.3, 0.4) is 0 Å². The van der Waals surface area contributed by atoms with E-state index in [0.717, 1.165) is 40.2 Å². The van der Waals surface area contributed by atoms with Crippen molar-refractivity contribution in [3.63, 3.8) is 0 Å². The lowest BCUT2D eigenvalue weighted by Crippen LogP contribution is -2.05. The Morgan fingerprint density at radius 1 is 1.27 bits per heavy atom. The van der Waals surface area contributed by atoms with Crippen molar-refractivity contribution >= 4 is 28.9 Å². The van der Waals surface area contributed by atoms with Gasteiger partial charge in [0.1, 0.15) is 17.5 Å². The Hall–Kier alpha value is -3.32. The van der Waals surface area contributed by atoms with Crippen molar-refractivity contribution < 1.29 is 9.53 Å². The molecule has 150 valence electrons. The Kier molecular flexibility index (Phi) is 4.47. The van der Waals surface area contributed by atoms with Crippen LogP contribution in [0.25, 0.3) is 23.0 Å². The van der Waals surface area contributed by atoms with Gasteiger partial charge in [-0.1, -0.05) is 18.2 Å². The molecule has 0 bridgehead atoms. The van der Waals surface area contributed by atoms with Crippen LogP contribution < -0.4 is 10.5 Å². The number of carbonyl (C=O) groups excluding carboxylic acids is 1. The maximum atomic E-state index is 12.2. The Balaban J connectivity index is 1.65. The third kappa shape index (κ3) is 3.31. The fourth-order valence-electron chi connectivity index (χ4n) is 3.85. The van der Waals surface area contributed by atoms with Gasteiger partial charge in [-0.05, 0) is 67.1 Å². The summed E-state index contributed by atoms with van der Waals surface area (Å²) < 4.78 is 7.78. The average Bonchev–Trinajstić information content (AvgIpc) is 3.39. The highest BCUT2D eigenvalue weighted by Gasteiger charge is 2.25. The summed E-state index contributed by atoms with van der Waals surface area (Å²) in [6, 6.07) is 14.1. The highest BCUT2D eigenvalue weighted by atomic mass is 32.2. The first kappa shape index (κ1) is 18.7. The smallest absolute Gasteiger partial charge is 0.286 e. The van der Waals surface area contributed by atoms with Crippen molar-refractivity contribution in [1.82, 2.24) is 9.78 Å². The van der Waals surface area contributed by atoms with E-state index in [2.05, 4.69) is 31.0 Å². The minimum Gasteiger partial charge on any atom is -0.490 e. The third-order valence-electron chi connectivity index (χ3n) is 5.14. The summed E-state index contributed by atoms with van der Waals surface area (Å²) in [6.45, 7) is 4.13. The second-order valence-corrected chi connectivity index (χ2v) is 8.56. The minimum absolute atomic E-state index is 0.171. The molecule has 6 nitrogen and oxygen atoms in total. The normalized spacial score (nSPS) is 19.1. The zero-order valence-corrected chi connectivity index (χ0v) is 17.4. The number of benzene rings is 2. The molecule has 2 N–H and O–H groups in total. The number of aromatic nitrogens is 2. The summed E-state index contributed by atoms with van der Waals surface area (Å²) >= 11 is 1.18. The molecule has 1 aromatic heterocycles. The number of hydrogen-bond donors (Lipinski definition) is 1. The van der Waals surface area contributed by atoms with Crippen molar-refractivity contribution in [2.45, 2.75) is 26.4 Å². The van der Waals surface area contributed by atoms with Crippen LogP contribution in [0.15, 0.2) is 58.6 Å². The van der Waals surface area contributed by atoms with E-state index in [-0.39, 0.29) is 17.2 Å². The van der Waals surface area contributed by atoms with Crippen LogP contribution in [0.4, 0.5) is 0 Å². The van der Waals surface area contributed by atoms with Crippen LogP contribution in [0.5, 0.6) is 5.75 Å². The van der Waals surface area contributed by atoms with Crippen LogP contribution in [-0.2, 0) is 11.2 Å². The van der Waals surface area contributed by atoms with Crippen molar-refractivity contribution in [1.29, 1.82) is 0 Å². The molecule has 0 saturated heterocycles. The number of hydrogen-bond acceptors (Lipinski definition) is 5. The number of thioether (sulfide) groups is 1. The van der Waals surface area contributed by atoms with Gasteiger partial charge < -0.3 is 10.5 Å². The highest BCUT2D eigenvalue weighted by Crippen LogP contribution is 2.38. The van der Waals surface area contributed by atoms with E-state index in [4.69, 9.17) is 15.6 Å². The predicted octanol–water partition coefficient (Wildman–Crippen LogP) is 4.10. The van der Waals surface area contributed by atoms with Crippen LogP contribution >= 0.6 is 11.8 Å². The molecular formula is C23H20N4O2S. The number of para-hydroxylation sites is 1. The molecule has 0 aliphatic carbocycles. The summed E-state index contributed by atoms with van der Waals surface area (Å²) in [4.78, 5) is 16.5. The number of fused-ring (bicyclic) bond motifs is 1. The fourth-order valence-corrected chi connectivity index (χ4v) is 4.53. The molecule has 30 heavy (non-hydrogen) atoms. The van der Waals surface area contributed by atoms with Gasteiger partial charge in [0.05, 0.1) is 10.6 Å².